The molecule has 1 aromatic carbocycles. The number of ketones is 1. The van der Waals surface area contributed by atoms with Gasteiger partial charge in [0.05, 0.1) is 26.7 Å². The van der Waals surface area contributed by atoms with Crippen molar-refractivity contribution < 1.29 is 28.5 Å². The van der Waals surface area contributed by atoms with E-state index in [-0.39, 0.29) is 12.4 Å². The summed E-state index contributed by atoms with van der Waals surface area (Å²) < 4.78 is 20.6. The zero-order valence-corrected chi connectivity index (χ0v) is 13.8. The molecule has 0 saturated carbocycles. The molecule has 0 aliphatic carbocycles. The largest absolute Gasteiger partial charge is 0.493 e. The van der Waals surface area contributed by atoms with Gasteiger partial charge in [-0.15, -0.1) is 0 Å². The van der Waals surface area contributed by atoms with Crippen molar-refractivity contribution in [2.75, 3.05) is 27.9 Å². The van der Waals surface area contributed by atoms with E-state index in [0.717, 1.165) is 0 Å². The standard InChI is InChI=1S/C16H22O6/c1-16(2,3)15(18)22-9-11(17)10-7-12(19-4)14(21-6)13(8-10)20-5/h7-8H,9H2,1-6H3. The fraction of sp³-hybridized carbons (Fsp3) is 0.500. The van der Waals surface area contributed by atoms with Crippen LogP contribution in [0.25, 0.3) is 0 Å². The molecule has 0 fully saturated rings. The van der Waals surface area contributed by atoms with Crippen LogP contribution in [0.4, 0.5) is 0 Å². The van der Waals surface area contributed by atoms with Crippen molar-refractivity contribution in [3.63, 3.8) is 0 Å². The van der Waals surface area contributed by atoms with Gasteiger partial charge >= 0.3 is 5.97 Å². The van der Waals surface area contributed by atoms with Gasteiger partial charge in [0.1, 0.15) is 0 Å². The Morgan fingerprint density at radius 2 is 1.45 bits per heavy atom. The number of Topliss-reactive ketones (excluding diaryl/α,β-unsaturated/α-hetero) is 1. The average molecular weight is 310 g/mol. The fourth-order valence-electron chi connectivity index (χ4n) is 1.67. The minimum atomic E-state index is -0.657. The van der Waals surface area contributed by atoms with E-state index in [1.165, 1.54) is 33.5 Å². The lowest BCUT2D eigenvalue weighted by Crippen LogP contribution is -2.25. The van der Waals surface area contributed by atoms with Crippen molar-refractivity contribution in [3.05, 3.63) is 17.7 Å². The van der Waals surface area contributed by atoms with Crippen LogP contribution in [0.5, 0.6) is 17.2 Å². The lowest BCUT2D eigenvalue weighted by Gasteiger charge is -2.17. The molecular weight excluding hydrogens is 288 g/mol. The van der Waals surface area contributed by atoms with E-state index < -0.39 is 11.4 Å². The Labute approximate surface area is 130 Å². The summed E-state index contributed by atoms with van der Waals surface area (Å²) in [5.74, 6) is 0.345. The van der Waals surface area contributed by atoms with Crippen LogP contribution < -0.4 is 14.2 Å². The zero-order valence-electron chi connectivity index (χ0n) is 13.8. The van der Waals surface area contributed by atoms with Gasteiger partial charge in [0.25, 0.3) is 0 Å². The molecule has 0 radical (unpaired) electrons. The van der Waals surface area contributed by atoms with Crippen LogP contribution in [-0.4, -0.2) is 39.7 Å². The lowest BCUT2D eigenvalue weighted by atomic mass is 9.97. The third-order valence-corrected chi connectivity index (χ3v) is 2.93. The third-order valence-electron chi connectivity index (χ3n) is 2.93. The highest BCUT2D eigenvalue weighted by Crippen LogP contribution is 2.38. The molecule has 0 atom stereocenters. The van der Waals surface area contributed by atoms with Crippen molar-refractivity contribution in [1.29, 1.82) is 0 Å². The second-order valence-corrected chi connectivity index (χ2v) is 5.66. The molecule has 0 amide bonds. The maximum Gasteiger partial charge on any atom is 0.311 e. The quantitative estimate of drug-likeness (QED) is 0.594. The van der Waals surface area contributed by atoms with Crippen LogP contribution in [0.3, 0.4) is 0 Å². The third kappa shape index (κ3) is 4.13. The molecule has 6 heteroatoms. The highest BCUT2D eigenvalue weighted by Gasteiger charge is 2.24. The summed E-state index contributed by atoms with van der Waals surface area (Å²) in [4.78, 5) is 23.9. The molecule has 0 N–H and O–H groups in total. The normalized spacial score (nSPS) is 10.8. The number of carbonyl (C=O) groups is 2. The molecule has 0 unspecified atom stereocenters. The highest BCUT2D eigenvalue weighted by molar-refractivity contribution is 5.99. The Morgan fingerprint density at radius 1 is 0.955 bits per heavy atom. The van der Waals surface area contributed by atoms with Gasteiger partial charge in [-0.25, -0.2) is 0 Å². The Balaban J connectivity index is 2.97. The first kappa shape index (κ1) is 17.8. The second kappa shape index (κ2) is 7.15. The van der Waals surface area contributed by atoms with Crippen molar-refractivity contribution in [3.8, 4) is 17.2 Å². The lowest BCUT2D eigenvalue weighted by molar-refractivity contribution is -0.151. The number of carbonyl (C=O) groups excluding carboxylic acids is 2. The molecule has 0 bridgehead atoms. The van der Waals surface area contributed by atoms with Gasteiger partial charge in [-0.3, -0.25) is 9.59 Å². The van der Waals surface area contributed by atoms with Gasteiger partial charge in [0.2, 0.25) is 11.5 Å². The van der Waals surface area contributed by atoms with Crippen LogP contribution in [0.15, 0.2) is 12.1 Å². The van der Waals surface area contributed by atoms with Crippen LogP contribution in [0.2, 0.25) is 0 Å². The van der Waals surface area contributed by atoms with E-state index in [4.69, 9.17) is 18.9 Å². The number of ether oxygens (including phenoxy) is 4. The van der Waals surface area contributed by atoms with Crippen LogP contribution in [0, 0.1) is 5.41 Å². The first-order valence-electron chi connectivity index (χ1n) is 6.75. The molecule has 0 spiro atoms. The predicted molar refractivity (Wildman–Crippen MR) is 80.8 cm³/mol. The van der Waals surface area contributed by atoms with E-state index in [1.54, 1.807) is 20.8 Å². The number of benzene rings is 1. The maximum atomic E-state index is 12.2. The Morgan fingerprint density at radius 3 is 1.82 bits per heavy atom. The molecule has 0 aliphatic rings. The predicted octanol–water partition coefficient (Wildman–Crippen LogP) is 2.48. The maximum absolute atomic E-state index is 12.2. The summed E-state index contributed by atoms with van der Waals surface area (Å²) in [6, 6.07) is 3.04. The Kier molecular flexibility index (Phi) is 5.79. The number of hydrogen-bond acceptors (Lipinski definition) is 6. The number of rotatable bonds is 6. The van der Waals surface area contributed by atoms with Gasteiger partial charge in [-0.2, -0.15) is 0 Å². The van der Waals surface area contributed by atoms with Gasteiger partial charge in [-0.1, -0.05) is 0 Å². The van der Waals surface area contributed by atoms with Gasteiger partial charge in [-0.05, 0) is 32.9 Å². The SMILES string of the molecule is COc1cc(C(=O)COC(=O)C(C)(C)C)cc(OC)c1OC. The molecule has 0 heterocycles. The fourth-order valence-corrected chi connectivity index (χ4v) is 1.67. The summed E-state index contributed by atoms with van der Waals surface area (Å²) in [6.07, 6.45) is 0. The number of hydrogen-bond donors (Lipinski definition) is 0. The van der Waals surface area contributed by atoms with Crippen molar-refractivity contribution in [2.45, 2.75) is 20.8 Å². The Hall–Kier alpha value is -2.24. The molecule has 0 saturated heterocycles. The smallest absolute Gasteiger partial charge is 0.311 e. The molecule has 6 nitrogen and oxygen atoms in total. The molecule has 0 aliphatic heterocycles. The zero-order chi connectivity index (χ0) is 16.9. The van der Waals surface area contributed by atoms with E-state index in [0.29, 0.717) is 22.8 Å². The first-order chi connectivity index (χ1) is 10.2. The van der Waals surface area contributed by atoms with Crippen LogP contribution >= 0.6 is 0 Å². The van der Waals surface area contributed by atoms with Gasteiger partial charge in [0.15, 0.2) is 18.1 Å². The monoisotopic (exact) mass is 310 g/mol. The highest BCUT2D eigenvalue weighted by atomic mass is 16.5. The summed E-state index contributed by atoms with van der Waals surface area (Å²) in [7, 11) is 4.41. The molecule has 1 aromatic rings. The summed E-state index contributed by atoms with van der Waals surface area (Å²) >= 11 is 0. The molecule has 0 aromatic heterocycles. The number of methoxy groups -OCH3 is 3. The topological polar surface area (TPSA) is 71.1 Å². The van der Waals surface area contributed by atoms with E-state index in [2.05, 4.69) is 0 Å². The molecular formula is C16H22O6. The summed E-state index contributed by atoms with van der Waals surface area (Å²) in [5.41, 5.74) is -0.341. The van der Waals surface area contributed by atoms with Crippen LogP contribution in [0.1, 0.15) is 31.1 Å². The molecule has 22 heavy (non-hydrogen) atoms. The van der Waals surface area contributed by atoms with Gasteiger partial charge < -0.3 is 18.9 Å². The summed E-state index contributed by atoms with van der Waals surface area (Å²) in [6.45, 7) is 4.83. The molecule has 122 valence electrons. The van der Waals surface area contributed by atoms with Crippen molar-refractivity contribution in [1.82, 2.24) is 0 Å². The summed E-state index contributed by atoms with van der Waals surface area (Å²) in [5, 5.41) is 0. The van der Waals surface area contributed by atoms with E-state index in [9.17, 15) is 9.59 Å². The first-order valence-corrected chi connectivity index (χ1v) is 6.75. The Bertz CT molecular complexity index is 531. The van der Waals surface area contributed by atoms with Crippen molar-refractivity contribution in [2.24, 2.45) is 5.41 Å². The van der Waals surface area contributed by atoms with E-state index >= 15 is 0 Å². The minimum Gasteiger partial charge on any atom is -0.493 e. The van der Waals surface area contributed by atoms with Gasteiger partial charge in [0, 0.05) is 5.56 Å². The van der Waals surface area contributed by atoms with E-state index in [1.807, 2.05) is 0 Å². The number of esters is 1. The second-order valence-electron chi connectivity index (χ2n) is 5.66. The molecule has 1 rings (SSSR count). The average Bonchev–Trinajstić information content (AvgIpc) is 2.49. The minimum absolute atomic E-state index is 0.316. The van der Waals surface area contributed by atoms with Crippen LogP contribution in [-0.2, 0) is 9.53 Å². The van der Waals surface area contributed by atoms with Crippen molar-refractivity contribution >= 4 is 11.8 Å².